The summed E-state index contributed by atoms with van der Waals surface area (Å²) in [5, 5.41) is 17.3. The number of halogens is 1. The van der Waals surface area contributed by atoms with Gasteiger partial charge in [-0.25, -0.2) is 4.99 Å². The van der Waals surface area contributed by atoms with E-state index in [4.69, 9.17) is 9.73 Å². The van der Waals surface area contributed by atoms with Gasteiger partial charge in [-0.1, -0.05) is 18.2 Å². The molecule has 0 aliphatic heterocycles. The molecule has 2 N–H and O–H groups in total. The Bertz CT molecular complexity index is 971. The Morgan fingerprint density at radius 3 is 2.55 bits per heavy atom. The van der Waals surface area contributed by atoms with E-state index in [2.05, 4.69) is 63.5 Å². The highest BCUT2D eigenvalue weighted by atomic mass is 127. The zero-order valence-electron chi connectivity index (χ0n) is 18.5. The monoisotopic (exact) mass is 554 g/mol. The van der Waals surface area contributed by atoms with E-state index in [1.807, 2.05) is 18.5 Å². The second-order valence-electron chi connectivity index (χ2n) is 7.12. The number of guanidine groups is 1. The number of hydrogen-bond acceptors (Lipinski definition) is 5. The van der Waals surface area contributed by atoms with Crippen LogP contribution in [0.15, 0.2) is 40.7 Å². The molecule has 0 saturated heterocycles. The summed E-state index contributed by atoms with van der Waals surface area (Å²) in [5.41, 5.74) is 2.37. The number of nitrogens with one attached hydrogen (secondary N) is 2. The number of rotatable bonds is 9. The minimum atomic E-state index is 0. The summed E-state index contributed by atoms with van der Waals surface area (Å²) in [6.07, 6.45) is 1.85. The molecule has 168 valence electrons. The first-order valence-corrected chi connectivity index (χ1v) is 11.0. The maximum Gasteiger partial charge on any atom is 0.191 e. The lowest BCUT2D eigenvalue weighted by Crippen LogP contribution is -2.39. The Hall–Kier alpha value is -2.14. The maximum atomic E-state index is 5.43. The van der Waals surface area contributed by atoms with E-state index < -0.39 is 0 Å². The first-order chi connectivity index (χ1) is 14.6. The van der Waals surface area contributed by atoms with Crippen molar-refractivity contribution in [1.29, 1.82) is 0 Å². The van der Waals surface area contributed by atoms with Crippen molar-refractivity contribution in [1.82, 2.24) is 25.4 Å². The lowest BCUT2D eigenvalue weighted by atomic mass is 10.1. The van der Waals surface area contributed by atoms with Crippen LogP contribution in [-0.4, -0.2) is 40.9 Å². The molecule has 2 aromatic heterocycles. The molecule has 3 aromatic rings. The first kappa shape index (κ1) is 25.1. The molecule has 0 unspecified atom stereocenters. The second-order valence-corrected chi connectivity index (χ2v) is 8.16. The quantitative estimate of drug-likeness (QED) is 0.240. The minimum Gasteiger partial charge on any atom is -0.496 e. The normalized spacial score (nSPS) is 11.2. The van der Waals surface area contributed by atoms with Gasteiger partial charge in [0, 0.05) is 25.0 Å². The van der Waals surface area contributed by atoms with Gasteiger partial charge < -0.3 is 19.9 Å². The predicted octanol–water partition coefficient (Wildman–Crippen LogP) is 3.64. The van der Waals surface area contributed by atoms with E-state index in [0.717, 1.165) is 54.9 Å². The van der Waals surface area contributed by atoms with Gasteiger partial charge in [-0.15, -0.1) is 45.5 Å². The number of benzene rings is 1. The number of hydrogen-bond donors (Lipinski definition) is 2. The van der Waals surface area contributed by atoms with E-state index >= 15 is 0 Å². The molecule has 0 saturated carbocycles. The molecule has 0 spiro atoms. The third-order valence-electron chi connectivity index (χ3n) is 4.98. The van der Waals surface area contributed by atoms with Gasteiger partial charge in [0.15, 0.2) is 11.8 Å². The number of thiophene rings is 1. The molecule has 0 radical (unpaired) electrons. The molecule has 31 heavy (non-hydrogen) atoms. The fourth-order valence-corrected chi connectivity index (χ4v) is 3.73. The number of methoxy groups -OCH3 is 1. The molecule has 0 amide bonds. The number of ether oxygens (including phenoxy) is 1. The Morgan fingerprint density at radius 1 is 1.13 bits per heavy atom. The summed E-state index contributed by atoms with van der Waals surface area (Å²) >= 11 is 1.78. The number of aromatic nitrogens is 3. The van der Waals surface area contributed by atoms with Gasteiger partial charge in [0.1, 0.15) is 18.1 Å². The van der Waals surface area contributed by atoms with Gasteiger partial charge in [-0.3, -0.25) is 0 Å². The predicted molar refractivity (Wildman–Crippen MR) is 138 cm³/mol. The van der Waals surface area contributed by atoms with E-state index in [1.54, 1.807) is 18.4 Å². The van der Waals surface area contributed by atoms with Gasteiger partial charge in [0.2, 0.25) is 0 Å². The van der Waals surface area contributed by atoms with E-state index in [-0.39, 0.29) is 24.0 Å². The van der Waals surface area contributed by atoms with Crippen molar-refractivity contribution >= 4 is 41.3 Å². The van der Waals surface area contributed by atoms with Gasteiger partial charge in [-0.05, 0) is 55.3 Å². The summed E-state index contributed by atoms with van der Waals surface area (Å²) < 4.78 is 7.40. The molecule has 1 aromatic carbocycles. The Kier molecular flexibility index (Phi) is 10.3. The fourth-order valence-electron chi connectivity index (χ4n) is 3.02. The van der Waals surface area contributed by atoms with Crippen molar-refractivity contribution in [3.8, 4) is 5.75 Å². The van der Waals surface area contributed by atoms with Crippen LogP contribution >= 0.6 is 35.3 Å². The molecule has 0 fully saturated rings. The number of aliphatic imine (C=N–C) groups is 1. The van der Waals surface area contributed by atoms with Crippen LogP contribution in [0.2, 0.25) is 0 Å². The standard InChI is InChI=1S/C22H30N6OS.HI/c1-16-7-8-18(14-20(16)29-4)9-11-23-22(24-12-10-19-6-5-13-30-19)25-15-21-27-26-17(2)28(21)3;/h5-8,13-14H,9-12,15H2,1-4H3,(H2,23,24,25);1H. The van der Waals surface area contributed by atoms with Crippen molar-refractivity contribution in [2.75, 3.05) is 20.2 Å². The zero-order valence-corrected chi connectivity index (χ0v) is 21.7. The minimum absolute atomic E-state index is 0. The summed E-state index contributed by atoms with van der Waals surface area (Å²) in [5.74, 6) is 3.43. The van der Waals surface area contributed by atoms with Crippen LogP contribution in [-0.2, 0) is 26.4 Å². The largest absolute Gasteiger partial charge is 0.496 e. The first-order valence-electron chi connectivity index (χ1n) is 10.1. The highest BCUT2D eigenvalue weighted by Crippen LogP contribution is 2.19. The molecule has 3 rings (SSSR count). The van der Waals surface area contributed by atoms with Gasteiger partial charge in [0.25, 0.3) is 0 Å². The van der Waals surface area contributed by atoms with Gasteiger partial charge >= 0.3 is 0 Å². The SMILES string of the molecule is COc1cc(CCNC(=NCc2nnc(C)n2C)NCCc2cccs2)ccc1C.I. The second kappa shape index (κ2) is 12.7. The van der Waals surface area contributed by atoms with Crippen LogP contribution in [0.5, 0.6) is 5.75 Å². The topological polar surface area (TPSA) is 76.4 Å². The highest BCUT2D eigenvalue weighted by Gasteiger charge is 2.06. The lowest BCUT2D eigenvalue weighted by molar-refractivity contribution is 0.411. The Morgan fingerprint density at radius 2 is 1.90 bits per heavy atom. The van der Waals surface area contributed by atoms with E-state index in [1.165, 1.54) is 10.4 Å². The third-order valence-corrected chi connectivity index (χ3v) is 5.92. The summed E-state index contributed by atoms with van der Waals surface area (Å²) in [6.45, 7) is 6.06. The van der Waals surface area contributed by atoms with Crippen molar-refractivity contribution in [2.45, 2.75) is 33.2 Å². The Labute approximate surface area is 205 Å². The van der Waals surface area contributed by atoms with Crippen molar-refractivity contribution < 1.29 is 4.74 Å². The summed E-state index contributed by atoms with van der Waals surface area (Å²) in [6, 6.07) is 10.6. The molecular weight excluding hydrogens is 523 g/mol. The molecule has 2 heterocycles. The Balaban J connectivity index is 0.00000341. The average molecular weight is 555 g/mol. The third kappa shape index (κ3) is 7.49. The van der Waals surface area contributed by atoms with E-state index in [0.29, 0.717) is 6.54 Å². The zero-order chi connectivity index (χ0) is 21.3. The molecule has 0 bridgehead atoms. The molecule has 0 aliphatic rings. The maximum absolute atomic E-state index is 5.43. The van der Waals surface area contributed by atoms with Crippen LogP contribution in [0, 0.1) is 13.8 Å². The fraction of sp³-hybridized carbons (Fsp3) is 0.409. The molecule has 9 heteroatoms. The number of aryl methyl sites for hydroxylation is 2. The van der Waals surface area contributed by atoms with Gasteiger partial charge in [0.05, 0.1) is 7.11 Å². The summed E-state index contributed by atoms with van der Waals surface area (Å²) in [4.78, 5) is 6.07. The smallest absolute Gasteiger partial charge is 0.191 e. The average Bonchev–Trinajstić information content (AvgIpc) is 3.37. The van der Waals surface area contributed by atoms with Crippen molar-refractivity contribution in [3.63, 3.8) is 0 Å². The van der Waals surface area contributed by atoms with Crippen LogP contribution < -0.4 is 15.4 Å². The highest BCUT2D eigenvalue weighted by molar-refractivity contribution is 14.0. The van der Waals surface area contributed by atoms with Crippen LogP contribution in [0.1, 0.15) is 27.7 Å². The lowest BCUT2D eigenvalue weighted by Gasteiger charge is -2.13. The van der Waals surface area contributed by atoms with Crippen LogP contribution in [0.25, 0.3) is 0 Å². The van der Waals surface area contributed by atoms with Crippen molar-refractivity contribution in [2.24, 2.45) is 12.0 Å². The van der Waals surface area contributed by atoms with E-state index in [9.17, 15) is 0 Å². The number of nitrogens with zero attached hydrogens (tertiary/aromatic N) is 4. The molecule has 0 atom stereocenters. The van der Waals surface area contributed by atoms with Crippen molar-refractivity contribution in [3.05, 3.63) is 63.4 Å². The molecular formula is C22H31IN6OS. The molecule has 0 aliphatic carbocycles. The summed E-state index contributed by atoms with van der Waals surface area (Å²) in [7, 11) is 3.67. The van der Waals surface area contributed by atoms with Crippen LogP contribution in [0.4, 0.5) is 0 Å². The van der Waals surface area contributed by atoms with Gasteiger partial charge in [-0.2, -0.15) is 0 Å². The molecule has 7 nitrogen and oxygen atoms in total. The van der Waals surface area contributed by atoms with Crippen LogP contribution in [0.3, 0.4) is 0 Å².